The second kappa shape index (κ2) is 9.50. The van der Waals surface area contributed by atoms with Crippen LogP contribution in [0.4, 0.5) is 28.4 Å². The Bertz CT molecular complexity index is 1300. The van der Waals surface area contributed by atoms with Crippen LogP contribution in [-0.4, -0.2) is 42.4 Å². The molecule has 0 spiro atoms. The van der Waals surface area contributed by atoms with E-state index in [2.05, 4.69) is 128 Å². The maximum absolute atomic E-state index is 6.09. The highest BCUT2D eigenvalue weighted by Crippen LogP contribution is 2.58. The van der Waals surface area contributed by atoms with E-state index in [9.17, 15) is 0 Å². The average molecular weight is 480 g/mol. The molecule has 1 aliphatic rings. The van der Waals surface area contributed by atoms with E-state index in [0.29, 0.717) is 0 Å². The summed E-state index contributed by atoms with van der Waals surface area (Å²) >= 11 is 0. The lowest BCUT2D eigenvalue weighted by Gasteiger charge is -2.40. The van der Waals surface area contributed by atoms with Crippen molar-refractivity contribution in [3.63, 3.8) is 0 Å². The van der Waals surface area contributed by atoms with Gasteiger partial charge in [-0.25, -0.2) is 0 Å². The zero-order valence-electron chi connectivity index (χ0n) is 21.8. The van der Waals surface area contributed by atoms with Crippen LogP contribution in [0.5, 0.6) is 11.5 Å². The summed E-state index contributed by atoms with van der Waals surface area (Å²) in [7, 11) is 11.8. The van der Waals surface area contributed by atoms with E-state index in [1.807, 2.05) is 0 Å². The van der Waals surface area contributed by atoms with E-state index >= 15 is 0 Å². The summed E-state index contributed by atoms with van der Waals surface area (Å²) in [5, 5.41) is 0. The number of para-hydroxylation sites is 1. The van der Waals surface area contributed by atoms with Crippen LogP contribution in [0, 0.1) is 0 Å². The molecule has 0 unspecified atom stereocenters. The third-order valence-electron chi connectivity index (χ3n) is 6.89. The Morgan fingerprint density at radius 2 is 1.06 bits per heavy atom. The van der Waals surface area contributed by atoms with Crippen molar-refractivity contribution in [1.82, 2.24) is 0 Å². The highest BCUT2D eigenvalue weighted by molar-refractivity contribution is 5.91. The van der Waals surface area contributed by atoms with Crippen molar-refractivity contribution < 1.29 is 9.47 Å². The third-order valence-corrected chi connectivity index (χ3v) is 6.89. The topological polar surface area (TPSA) is 28.2 Å². The fourth-order valence-electron chi connectivity index (χ4n) is 5.11. The lowest BCUT2D eigenvalue weighted by Crippen LogP contribution is -2.25. The average Bonchev–Trinajstić information content (AvgIpc) is 2.91. The van der Waals surface area contributed by atoms with Crippen molar-refractivity contribution in [1.29, 1.82) is 0 Å². The van der Waals surface area contributed by atoms with Gasteiger partial charge in [0.2, 0.25) is 0 Å². The molecule has 5 heteroatoms. The van der Waals surface area contributed by atoms with Gasteiger partial charge < -0.3 is 24.2 Å². The molecule has 0 aromatic heterocycles. The van der Waals surface area contributed by atoms with Crippen LogP contribution in [-0.2, 0) is 0 Å². The molecule has 4 aromatic carbocycles. The Morgan fingerprint density at radius 3 is 1.47 bits per heavy atom. The zero-order chi connectivity index (χ0) is 25.4. The largest absolute Gasteiger partial charge is 0.496 e. The molecular weight excluding hydrogens is 446 g/mol. The Balaban J connectivity index is 1.95. The fraction of sp³-hybridized carbons (Fsp3) is 0.226. The molecule has 4 aromatic rings. The maximum atomic E-state index is 6.09. The first-order valence-corrected chi connectivity index (χ1v) is 12.1. The van der Waals surface area contributed by atoms with Gasteiger partial charge in [0.05, 0.1) is 25.6 Å². The predicted molar refractivity (Wildman–Crippen MR) is 150 cm³/mol. The second-order valence-corrected chi connectivity index (χ2v) is 9.47. The number of nitrogens with zero attached hydrogens (tertiary/aromatic N) is 3. The lowest BCUT2D eigenvalue weighted by molar-refractivity contribution is 0.402. The third kappa shape index (κ3) is 3.91. The highest BCUT2D eigenvalue weighted by Gasteiger charge is 2.38. The van der Waals surface area contributed by atoms with Crippen molar-refractivity contribution in [3.05, 3.63) is 102 Å². The van der Waals surface area contributed by atoms with Crippen LogP contribution in [0.25, 0.3) is 0 Å². The molecule has 0 amide bonds. The van der Waals surface area contributed by atoms with Gasteiger partial charge in [-0.05, 0) is 29.8 Å². The predicted octanol–water partition coefficient (Wildman–Crippen LogP) is 6.80. The molecule has 1 heterocycles. The number of rotatable bonds is 6. The molecule has 184 valence electrons. The summed E-state index contributed by atoms with van der Waals surface area (Å²) in [4.78, 5) is 6.58. The van der Waals surface area contributed by atoms with Gasteiger partial charge in [0, 0.05) is 74.4 Å². The molecule has 36 heavy (non-hydrogen) atoms. The zero-order valence-corrected chi connectivity index (χ0v) is 21.8. The Morgan fingerprint density at radius 1 is 0.611 bits per heavy atom. The molecule has 0 fully saturated rings. The van der Waals surface area contributed by atoms with Crippen molar-refractivity contribution in [3.8, 4) is 11.5 Å². The Hall–Kier alpha value is -4.12. The van der Waals surface area contributed by atoms with E-state index in [1.54, 1.807) is 14.2 Å². The van der Waals surface area contributed by atoms with Crippen LogP contribution >= 0.6 is 0 Å². The van der Waals surface area contributed by atoms with Crippen LogP contribution in [0.1, 0.15) is 22.6 Å². The smallest absolute Gasteiger partial charge is 0.127 e. The molecule has 5 nitrogen and oxygen atoms in total. The molecule has 0 atom stereocenters. The van der Waals surface area contributed by atoms with Gasteiger partial charge in [-0.3, -0.25) is 0 Å². The van der Waals surface area contributed by atoms with E-state index < -0.39 is 0 Å². The fourth-order valence-corrected chi connectivity index (χ4v) is 5.11. The first-order chi connectivity index (χ1) is 17.4. The minimum absolute atomic E-state index is 0.0616. The molecule has 0 N–H and O–H groups in total. The number of ether oxygens (including phenoxy) is 2. The van der Waals surface area contributed by atoms with Crippen LogP contribution in [0.2, 0.25) is 0 Å². The van der Waals surface area contributed by atoms with Crippen LogP contribution in [0.3, 0.4) is 0 Å². The van der Waals surface area contributed by atoms with E-state index in [4.69, 9.17) is 9.47 Å². The summed E-state index contributed by atoms with van der Waals surface area (Å²) in [6.07, 6.45) is 0. The molecule has 0 saturated carbocycles. The normalized spacial score (nSPS) is 12.6. The van der Waals surface area contributed by atoms with E-state index in [-0.39, 0.29) is 5.92 Å². The summed E-state index contributed by atoms with van der Waals surface area (Å²) in [6, 6.07) is 29.9. The number of hydrogen-bond donors (Lipinski definition) is 0. The minimum atomic E-state index is -0.0616. The van der Waals surface area contributed by atoms with Gasteiger partial charge in [-0.1, -0.05) is 48.5 Å². The number of hydrogen-bond acceptors (Lipinski definition) is 5. The highest BCUT2D eigenvalue weighted by atomic mass is 16.5. The van der Waals surface area contributed by atoms with Crippen molar-refractivity contribution in [2.75, 3.05) is 57.1 Å². The lowest BCUT2D eigenvalue weighted by atomic mass is 9.78. The van der Waals surface area contributed by atoms with E-state index in [0.717, 1.165) is 51.1 Å². The van der Waals surface area contributed by atoms with Crippen molar-refractivity contribution in [2.45, 2.75) is 5.92 Å². The number of anilines is 5. The minimum Gasteiger partial charge on any atom is -0.496 e. The Labute approximate surface area is 214 Å². The van der Waals surface area contributed by atoms with Gasteiger partial charge in [-0.2, -0.15) is 0 Å². The number of fused-ring (bicyclic) bond motifs is 2. The van der Waals surface area contributed by atoms with Crippen molar-refractivity contribution >= 4 is 28.4 Å². The van der Waals surface area contributed by atoms with Crippen LogP contribution < -0.4 is 24.2 Å². The van der Waals surface area contributed by atoms with Gasteiger partial charge in [-0.15, -0.1) is 0 Å². The number of methoxy groups -OCH3 is 2. The van der Waals surface area contributed by atoms with Gasteiger partial charge in [0.15, 0.2) is 0 Å². The molecule has 0 bridgehead atoms. The maximum Gasteiger partial charge on any atom is 0.127 e. The first kappa shape index (κ1) is 23.6. The second-order valence-electron chi connectivity index (χ2n) is 9.47. The summed E-state index contributed by atoms with van der Waals surface area (Å²) < 4.78 is 12.2. The molecule has 0 aliphatic carbocycles. The molecule has 5 rings (SSSR count). The van der Waals surface area contributed by atoms with Crippen molar-refractivity contribution in [2.24, 2.45) is 0 Å². The molecular formula is C31H33N3O2. The molecule has 0 saturated heterocycles. The summed E-state index contributed by atoms with van der Waals surface area (Å²) in [5.41, 5.74) is 8.90. The van der Waals surface area contributed by atoms with E-state index in [1.165, 1.54) is 5.56 Å². The van der Waals surface area contributed by atoms with Crippen LogP contribution in [0.15, 0.2) is 84.9 Å². The Kier molecular flexibility index (Phi) is 6.23. The molecule has 0 radical (unpaired) electrons. The first-order valence-electron chi connectivity index (χ1n) is 12.1. The summed E-state index contributed by atoms with van der Waals surface area (Å²) in [6.45, 7) is 0. The number of benzene rings is 4. The van der Waals surface area contributed by atoms with Gasteiger partial charge in [0.1, 0.15) is 11.5 Å². The standard InChI is InChI=1S/C31H33N3O2/c1-32(2)23-17-25-30(27(19-23)35-5)29(21-13-9-7-10-14-21)31-26(34(25)22-15-11-8-12-16-22)18-24(33(3)4)20-28(31)36-6/h7-20,29H,1-6H3. The quantitative estimate of drug-likeness (QED) is 0.267. The SMILES string of the molecule is COc1cc(N(C)C)cc2c1C(c1ccccc1)c1c(OC)cc(N(C)C)cc1N2c1ccccc1. The summed E-state index contributed by atoms with van der Waals surface area (Å²) in [5.74, 6) is 1.65. The van der Waals surface area contributed by atoms with Gasteiger partial charge in [0.25, 0.3) is 0 Å². The monoisotopic (exact) mass is 479 g/mol. The molecule has 1 aliphatic heterocycles. The van der Waals surface area contributed by atoms with Gasteiger partial charge >= 0.3 is 0 Å².